The molecule has 0 radical (unpaired) electrons. The van der Waals surface area contributed by atoms with Crippen LogP contribution in [0.2, 0.25) is 5.02 Å². The van der Waals surface area contributed by atoms with Crippen LogP contribution in [0.15, 0.2) is 36.4 Å². The van der Waals surface area contributed by atoms with Crippen LogP contribution in [-0.2, 0) is 14.3 Å². The van der Waals surface area contributed by atoms with Crippen LogP contribution >= 0.6 is 11.6 Å². The molecule has 0 aliphatic heterocycles. The molecule has 27 heavy (non-hydrogen) atoms. The first kappa shape index (κ1) is 20.2. The van der Waals surface area contributed by atoms with Gasteiger partial charge in [0.15, 0.2) is 0 Å². The maximum atomic E-state index is 13.0. The third kappa shape index (κ3) is 5.43. The van der Waals surface area contributed by atoms with E-state index in [0.717, 1.165) is 6.07 Å². The van der Waals surface area contributed by atoms with Crippen molar-refractivity contribution in [1.82, 2.24) is 4.98 Å². The summed E-state index contributed by atoms with van der Waals surface area (Å²) in [6.45, 7) is 1.66. The summed E-state index contributed by atoms with van der Waals surface area (Å²) in [7, 11) is 2.95. The molecule has 0 bridgehead atoms. The Morgan fingerprint density at radius 1 is 1.30 bits per heavy atom. The lowest BCUT2D eigenvalue weighted by Gasteiger charge is -2.23. The van der Waals surface area contributed by atoms with E-state index in [1.165, 1.54) is 25.3 Å². The topological polar surface area (TPSA) is 68.7 Å². The third-order valence-electron chi connectivity index (χ3n) is 3.62. The fourth-order valence-electron chi connectivity index (χ4n) is 2.01. The number of carbonyl (C=O) groups is 2. The molecule has 0 fully saturated rings. The molecule has 0 N–H and O–H groups in total. The molecule has 1 atom stereocenters. The maximum absolute atomic E-state index is 13.0. The van der Waals surface area contributed by atoms with Crippen molar-refractivity contribution in [3.63, 3.8) is 0 Å². The standard InChI is InChI=1S/C19H16ClFN2O4/c1-12(19(25)26-3)23(2)16-5-4-6-17(22-16)27-18(24)10-8-13-7-9-14(21)11-15(13)20/h4-7,9,11-12H,1-3H3/t12-/m0/s1. The molecule has 6 nitrogen and oxygen atoms in total. The summed E-state index contributed by atoms with van der Waals surface area (Å²) in [6, 6.07) is 7.82. The molecular weight excluding hydrogens is 375 g/mol. The number of aromatic nitrogens is 1. The second-order valence-corrected chi connectivity index (χ2v) is 5.81. The van der Waals surface area contributed by atoms with Crippen molar-refractivity contribution >= 4 is 29.4 Å². The predicted octanol–water partition coefficient (Wildman–Crippen LogP) is 2.83. The highest BCUT2D eigenvalue weighted by molar-refractivity contribution is 6.31. The van der Waals surface area contributed by atoms with Crippen molar-refractivity contribution < 1.29 is 23.5 Å². The minimum atomic E-state index is -0.858. The van der Waals surface area contributed by atoms with Gasteiger partial charge in [0.1, 0.15) is 17.7 Å². The van der Waals surface area contributed by atoms with Crippen molar-refractivity contribution in [3.8, 4) is 17.7 Å². The predicted molar refractivity (Wildman–Crippen MR) is 98.0 cm³/mol. The second-order valence-electron chi connectivity index (χ2n) is 5.41. The highest BCUT2D eigenvalue weighted by atomic mass is 35.5. The molecule has 2 rings (SSSR count). The first-order chi connectivity index (χ1) is 12.8. The summed E-state index contributed by atoms with van der Waals surface area (Å²) in [5, 5.41) is 0.0915. The third-order valence-corrected chi connectivity index (χ3v) is 3.93. The maximum Gasteiger partial charge on any atom is 0.391 e. The van der Waals surface area contributed by atoms with Crippen molar-refractivity contribution in [3.05, 3.63) is 52.8 Å². The molecule has 1 aromatic heterocycles. The first-order valence-electron chi connectivity index (χ1n) is 7.78. The number of esters is 2. The van der Waals surface area contributed by atoms with E-state index in [-0.39, 0.29) is 10.9 Å². The smallest absolute Gasteiger partial charge is 0.391 e. The number of nitrogens with zero attached hydrogens (tertiary/aromatic N) is 2. The van der Waals surface area contributed by atoms with Crippen LogP contribution in [0.1, 0.15) is 12.5 Å². The van der Waals surface area contributed by atoms with Gasteiger partial charge in [0.05, 0.1) is 12.1 Å². The van der Waals surface area contributed by atoms with E-state index in [2.05, 4.69) is 16.8 Å². The van der Waals surface area contributed by atoms with Gasteiger partial charge < -0.3 is 14.4 Å². The number of methoxy groups -OCH3 is 1. The number of halogens is 2. The number of pyridine rings is 1. The van der Waals surface area contributed by atoms with Crippen molar-refractivity contribution in [1.29, 1.82) is 0 Å². The Kier molecular flexibility index (Phi) is 6.74. The van der Waals surface area contributed by atoms with Gasteiger partial charge in [0, 0.05) is 24.6 Å². The van der Waals surface area contributed by atoms with E-state index in [9.17, 15) is 14.0 Å². The highest BCUT2D eigenvalue weighted by Gasteiger charge is 2.20. The lowest BCUT2D eigenvalue weighted by atomic mass is 10.2. The minimum Gasteiger partial charge on any atom is -0.467 e. The fourth-order valence-corrected chi connectivity index (χ4v) is 2.23. The molecule has 0 aliphatic rings. The number of ether oxygens (including phenoxy) is 2. The Morgan fingerprint density at radius 2 is 2.04 bits per heavy atom. The summed E-state index contributed by atoms with van der Waals surface area (Å²) in [4.78, 5) is 29.3. The molecule has 0 saturated heterocycles. The van der Waals surface area contributed by atoms with Crippen molar-refractivity contribution in [2.75, 3.05) is 19.1 Å². The minimum absolute atomic E-state index is 0.0147. The van der Waals surface area contributed by atoms with Crippen LogP contribution in [0.25, 0.3) is 0 Å². The average molecular weight is 391 g/mol. The first-order valence-corrected chi connectivity index (χ1v) is 8.16. The van der Waals surface area contributed by atoms with Gasteiger partial charge in [-0.25, -0.2) is 14.0 Å². The van der Waals surface area contributed by atoms with Crippen LogP contribution in [0.5, 0.6) is 5.88 Å². The molecular formula is C19H16ClFN2O4. The number of anilines is 1. The molecule has 0 aliphatic carbocycles. The monoisotopic (exact) mass is 390 g/mol. The lowest BCUT2D eigenvalue weighted by Crippen LogP contribution is -2.37. The largest absolute Gasteiger partial charge is 0.467 e. The van der Waals surface area contributed by atoms with Crippen LogP contribution in [0.3, 0.4) is 0 Å². The summed E-state index contributed by atoms with van der Waals surface area (Å²) >= 11 is 5.85. The van der Waals surface area contributed by atoms with Gasteiger partial charge in [0.2, 0.25) is 5.88 Å². The Bertz CT molecular complexity index is 923. The van der Waals surface area contributed by atoms with E-state index >= 15 is 0 Å². The lowest BCUT2D eigenvalue weighted by molar-refractivity contribution is -0.141. The second kappa shape index (κ2) is 9.01. The van der Waals surface area contributed by atoms with Gasteiger partial charge in [-0.1, -0.05) is 23.6 Å². The molecule has 2 aromatic rings. The number of rotatable bonds is 4. The van der Waals surface area contributed by atoms with E-state index in [1.54, 1.807) is 31.0 Å². The van der Waals surface area contributed by atoms with Gasteiger partial charge in [-0.2, -0.15) is 4.98 Å². The number of hydrogen-bond donors (Lipinski definition) is 0. The van der Waals surface area contributed by atoms with E-state index in [1.807, 2.05) is 0 Å². The van der Waals surface area contributed by atoms with E-state index in [0.29, 0.717) is 11.4 Å². The highest BCUT2D eigenvalue weighted by Crippen LogP contribution is 2.18. The molecule has 8 heteroatoms. The normalized spacial score (nSPS) is 11.0. The van der Waals surface area contributed by atoms with Crippen LogP contribution in [-0.4, -0.2) is 37.1 Å². The molecule has 0 amide bonds. The van der Waals surface area contributed by atoms with Crippen LogP contribution < -0.4 is 9.64 Å². The molecule has 0 spiro atoms. The van der Waals surface area contributed by atoms with E-state index in [4.69, 9.17) is 21.1 Å². The molecule has 0 saturated carbocycles. The molecule has 1 aromatic carbocycles. The SMILES string of the molecule is COC(=O)[C@H](C)N(C)c1cccc(OC(=O)C#Cc2ccc(F)cc2Cl)n1. The summed E-state index contributed by atoms with van der Waals surface area (Å²) in [5.41, 5.74) is 0.295. The Morgan fingerprint density at radius 3 is 2.70 bits per heavy atom. The summed E-state index contributed by atoms with van der Waals surface area (Å²) in [5.74, 6) is 3.42. The summed E-state index contributed by atoms with van der Waals surface area (Å²) in [6.07, 6.45) is 0. The number of carbonyl (C=O) groups excluding carboxylic acids is 2. The molecule has 140 valence electrons. The number of hydrogen-bond acceptors (Lipinski definition) is 6. The Hall–Kier alpha value is -3.11. The zero-order valence-electron chi connectivity index (χ0n) is 14.8. The zero-order valence-corrected chi connectivity index (χ0v) is 15.6. The van der Waals surface area contributed by atoms with Gasteiger partial charge in [-0.15, -0.1) is 0 Å². The Labute approximate surface area is 160 Å². The van der Waals surface area contributed by atoms with Gasteiger partial charge in [0.25, 0.3) is 0 Å². The van der Waals surface area contributed by atoms with Crippen molar-refractivity contribution in [2.45, 2.75) is 13.0 Å². The van der Waals surface area contributed by atoms with Crippen LogP contribution in [0.4, 0.5) is 10.2 Å². The van der Waals surface area contributed by atoms with Crippen molar-refractivity contribution in [2.24, 2.45) is 0 Å². The fraction of sp³-hybridized carbons (Fsp3) is 0.211. The van der Waals surface area contributed by atoms with Gasteiger partial charge >= 0.3 is 11.9 Å². The number of likely N-dealkylation sites (N-methyl/N-ethyl adjacent to an activating group) is 1. The summed E-state index contributed by atoms with van der Waals surface area (Å²) < 4.78 is 22.8. The molecule has 1 heterocycles. The average Bonchev–Trinajstić information content (AvgIpc) is 2.65. The van der Waals surface area contributed by atoms with Gasteiger partial charge in [-0.3, -0.25) is 0 Å². The van der Waals surface area contributed by atoms with E-state index < -0.39 is 23.8 Å². The Balaban J connectivity index is 2.11. The quantitative estimate of drug-likeness (QED) is 0.590. The zero-order chi connectivity index (χ0) is 20.0. The van der Waals surface area contributed by atoms with Crippen LogP contribution in [0, 0.1) is 17.7 Å². The molecule has 0 unspecified atom stereocenters. The number of benzene rings is 1. The van der Waals surface area contributed by atoms with Gasteiger partial charge in [-0.05, 0) is 31.2 Å².